The maximum absolute atomic E-state index is 14.0. The fraction of sp³-hybridized carbons (Fsp3) is 0.393. The van der Waals surface area contributed by atoms with Crippen LogP contribution in [0.25, 0.3) is 5.57 Å². The Balaban J connectivity index is 1.56. The van der Waals surface area contributed by atoms with E-state index in [-0.39, 0.29) is 42.2 Å². The van der Waals surface area contributed by atoms with Gasteiger partial charge in [-0.1, -0.05) is 17.7 Å². The van der Waals surface area contributed by atoms with Gasteiger partial charge in [-0.2, -0.15) is 13.9 Å². The summed E-state index contributed by atoms with van der Waals surface area (Å²) in [6.07, 6.45) is 2.88. The first-order valence-electron chi connectivity index (χ1n) is 13.4. The number of hydrogen-bond acceptors (Lipinski definition) is 8. The highest BCUT2D eigenvalue weighted by Gasteiger charge is 2.37. The second kappa shape index (κ2) is 12.4. The lowest BCUT2D eigenvalue weighted by molar-refractivity contribution is -0.128. The smallest absolute Gasteiger partial charge is 0.407 e. The Labute approximate surface area is 254 Å². The van der Waals surface area contributed by atoms with Crippen LogP contribution in [0, 0.1) is 5.82 Å². The molecule has 10 nitrogen and oxygen atoms in total. The number of hydrogen-bond donors (Lipinski definition) is 2. The van der Waals surface area contributed by atoms with Gasteiger partial charge in [-0.3, -0.25) is 9.79 Å². The van der Waals surface area contributed by atoms with Crippen molar-refractivity contribution in [2.45, 2.75) is 57.8 Å². The van der Waals surface area contributed by atoms with Crippen molar-refractivity contribution in [3.63, 3.8) is 0 Å². The van der Waals surface area contributed by atoms with Gasteiger partial charge in [0, 0.05) is 52.6 Å². The summed E-state index contributed by atoms with van der Waals surface area (Å²) in [7, 11) is 0. The van der Waals surface area contributed by atoms with E-state index in [9.17, 15) is 22.8 Å². The number of amides is 2. The Morgan fingerprint density at radius 2 is 2.09 bits per heavy atom. The van der Waals surface area contributed by atoms with Gasteiger partial charge in [-0.05, 0) is 45.4 Å². The SMILES string of the molecule is CC(C)(C)OC(=O)NC[C@@H]1CCC(=O)N1CC1=C(c2ccn(C(F)F)n2)[C@H](c2ccc(F)cc2Cl)N=C(c2nccs2)N1. The molecule has 43 heavy (non-hydrogen) atoms. The topological polar surface area (TPSA) is 114 Å². The lowest BCUT2D eigenvalue weighted by Crippen LogP contribution is -2.46. The molecule has 2 aliphatic heterocycles. The first kappa shape index (κ1) is 30.5. The van der Waals surface area contributed by atoms with Crippen LogP contribution >= 0.6 is 22.9 Å². The van der Waals surface area contributed by atoms with E-state index in [1.54, 1.807) is 37.2 Å². The third kappa shape index (κ3) is 7.02. The number of nitrogens with one attached hydrogen (secondary N) is 2. The summed E-state index contributed by atoms with van der Waals surface area (Å²) >= 11 is 7.82. The fourth-order valence-corrected chi connectivity index (χ4v) is 5.77. The summed E-state index contributed by atoms with van der Waals surface area (Å²) in [6, 6.07) is 4.01. The van der Waals surface area contributed by atoms with Gasteiger partial charge < -0.3 is 20.3 Å². The van der Waals surface area contributed by atoms with Gasteiger partial charge in [0.25, 0.3) is 0 Å². The summed E-state index contributed by atoms with van der Waals surface area (Å²) < 4.78 is 47.1. The van der Waals surface area contributed by atoms with E-state index in [0.717, 1.165) is 12.3 Å². The highest BCUT2D eigenvalue weighted by molar-refractivity contribution is 7.11. The summed E-state index contributed by atoms with van der Waals surface area (Å²) in [5.41, 5.74) is 0.721. The quantitative estimate of drug-likeness (QED) is 0.336. The van der Waals surface area contributed by atoms with E-state index in [1.807, 2.05) is 0 Å². The molecule has 2 atom stereocenters. The Morgan fingerprint density at radius 1 is 1.30 bits per heavy atom. The molecule has 2 aromatic heterocycles. The molecule has 0 saturated carbocycles. The summed E-state index contributed by atoms with van der Waals surface area (Å²) in [4.78, 5) is 36.2. The lowest BCUT2D eigenvalue weighted by atomic mass is 9.93. The normalized spacial score (nSPS) is 19.1. The Bertz CT molecular complexity index is 1570. The molecule has 0 spiro atoms. The second-order valence-corrected chi connectivity index (χ2v) is 12.3. The molecular weight excluding hydrogens is 607 g/mol. The van der Waals surface area contributed by atoms with E-state index in [4.69, 9.17) is 21.3 Å². The Hall–Kier alpha value is -3.91. The predicted octanol–water partition coefficient (Wildman–Crippen LogP) is 5.55. The zero-order chi connectivity index (χ0) is 30.9. The van der Waals surface area contributed by atoms with Crippen LogP contribution in [0.2, 0.25) is 5.02 Å². The predicted molar refractivity (Wildman–Crippen MR) is 155 cm³/mol. The molecule has 0 radical (unpaired) electrons. The van der Waals surface area contributed by atoms with Crippen LogP contribution in [0.4, 0.5) is 18.0 Å². The number of ether oxygens (including phenoxy) is 1. The van der Waals surface area contributed by atoms with Crippen molar-refractivity contribution in [1.82, 2.24) is 30.3 Å². The second-order valence-electron chi connectivity index (χ2n) is 11.0. The molecular formula is C28H29ClF3N7O3S. The molecule has 15 heteroatoms. The zero-order valence-corrected chi connectivity index (χ0v) is 25.1. The highest BCUT2D eigenvalue weighted by Crippen LogP contribution is 2.41. The summed E-state index contributed by atoms with van der Waals surface area (Å²) in [5.74, 6) is -0.345. The molecule has 0 bridgehead atoms. The van der Waals surface area contributed by atoms with Crippen LogP contribution in [0.5, 0.6) is 0 Å². The van der Waals surface area contributed by atoms with Crippen molar-refractivity contribution in [2.24, 2.45) is 4.99 Å². The van der Waals surface area contributed by atoms with Gasteiger partial charge >= 0.3 is 12.6 Å². The van der Waals surface area contributed by atoms with E-state index >= 15 is 0 Å². The average molecular weight is 636 g/mol. The zero-order valence-electron chi connectivity index (χ0n) is 23.5. The number of thiazole rings is 1. The average Bonchev–Trinajstić information content (AvgIpc) is 3.69. The van der Waals surface area contributed by atoms with E-state index in [2.05, 4.69) is 20.7 Å². The minimum atomic E-state index is -2.89. The van der Waals surface area contributed by atoms with Crippen molar-refractivity contribution >= 4 is 46.3 Å². The number of aromatic nitrogens is 3. The number of rotatable bonds is 8. The Morgan fingerprint density at radius 3 is 2.74 bits per heavy atom. The number of nitrogens with zero attached hydrogens (tertiary/aromatic N) is 5. The van der Waals surface area contributed by atoms with E-state index in [1.165, 1.54) is 29.5 Å². The molecule has 1 fully saturated rings. The molecule has 4 heterocycles. The largest absolute Gasteiger partial charge is 0.444 e. The van der Waals surface area contributed by atoms with Crippen LogP contribution < -0.4 is 10.6 Å². The number of alkyl halides is 2. The fourth-order valence-electron chi connectivity index (χ4n) is 4.92. The Kier molecular flexibility index (Phi) is 8.79. The van der Waals surface area contributed by atoms with Gasteiger partial charge in [-0.25, -0.2) is 18.9 Å². The number of likely N-dealkylation sites (tertiary alicyclic amines) is 1. The van der Waals surface area contributed by atoms with Gasteiger partial charge in [-0.15, -0.1) is 11.3 Å². The third-order valence-electron chi connectivity index (χ3n) is 6.76. The first-order valence-corrected chi connectivity index (χ1v) is 14.7. The first-order chi connectivity index (χ1) is 20.4. The molecule has 0 unspecified atom stereocenters. The van der Waals surface area contributed by atoms with E-state index in [0.29, 0.717) is 38.8 Å². The van der Waals surface area contributed by atoms with Crippen LogP contribution in [0.15, 0.2) is 52.7 Å². The standard InChI is InChI=1S/C28H29ClF3N7O3S/c1-28(2,3)42-27(41)34-13-16-5-7-21(40)38(16)14-20-22(19-8-10-39(37-19)26(31)32)23(17-6-4-15(30)12-18(17)29)36-24(35-20)25-33-9-11-43-25/h4,6,8-12,16,23,26H,5,7,13-14H2,1-3H3,(H,34,41)(H,35,36)/t16-,23-/m0/s1. The lowest BCUT2D eigenvalue weighted by Gasteiger charge is -2.32. The van der Waals surface area contributed by atoms with Crippen molar-refractivity contribution in [3.05, 3.63) is 74.8 Å². The number of carbonyl (C=O) groups is 2. The number of carbonyl (C=O) groups excluding carboxylic acids is 2. The minimum Gasteiger partial charge on any atom is -0.444 e. The van der Waals surface area contributed by atoms with Crippen LogP contribution in [0.3, 0.4) is 0 Å². The molecule has 5 rings (SSSR count). The summed E-state index contributed by atoms with van der Waals surface area (Å²) in [6.45, 7) is 2.52. The molecule has 2 aliphatic rings. The van der Waals surface area contributed by atoms with Crippen molar-refractivity contribution < 1.29 is 27.5 Å². The maximum Gasteiger partial charge on any atom is 0.407 e. The molecule has 1 saturated heterocycles. The van der Waals surface area contributed by atoms with Crippen LogP contribution in [-0.2, 0) is 9.53 Å². The maximum atomic E-state index is 14.0. The summed E-state index contributed by atoms with van der Waals surface area (Å²) in [5, 5.41) is 12.5. The molecule has 2 N–H and O–H groups in total. The van der Waals surface area contributed by atoms with Crippen molar-refractivity contribution in [3.8, 4) is 0 Å². The van der Waals surface area contributed by atoms with Gasteiger partial charge in [0.05, 0.1) is 18.3 Å². The van der Waals surface area contributed by atoms with Crippen molar-refractivity contribution in [1.29, 1.82) is 0 Å². The van der Waals surface area contributed by atoms with Crippen LogP contribution in [0.1, 0.15) is 62.5 Å². The van der Waals surface area contributed by atoms with Crippen LogP contribution in [-0.4, -0.2) is 62.2 Å². The molecule has 1 aromatic carbocycles. The number of halogens is 4. The monoisotopic (exact) mass is 635 g/mol. The minimum absolute atomic E-state index is 0.01000. The van der Waals surface area contributed by atoms with Gasteiger partial charge in [0.1, 0.15) is 17.5 Å². The van der Waals surface area contributed by atoms with Gasteiger partial charge in [0.2, 0.25) is 5.91 Å². The highest BCUT2D eigenvalue weighted by atomic mass is 35.5. The molecule has 2 amide bonds. The molecule has 228 valence electrons. The molecule has 3 aromatic rings. The van der Waals surface area contributed by atoms with Crippen molar-refractivity contribution in [2.75, 3.05) is 13.1 Å². The number of aliphatic imine (C=N–C) groups is 1. The third-order valence-corrected chi connectivity index (χ3v) is 7.87. The van der Waals surface area contributed by atoms with Gasteiger partial charge in [0.15, 0.2) is 10.8 Å². The van der Waals surface area contributed by atoms with E-state index < -0.39 is 30.1 Å². The number of amidine groups is 1. The molecule has 0 aliphatic carbocycles. The number of benzene rings is 1. The number of alkyl carbamates (subject to hydrolysis) is 1.